The van der Waals surface area contributed by atoms with Crippen LogP contribution in [0.3, 0.4) is 0 Å². The first-order chi connectivity index (χ1) is 14.9. The van der Waals surface area contributed by atoms with Crippen molar-refractivity contribution in [1.29, 1.82) is 0 Å². The van der Waals surface area contributed by atoms with Crippen LogP contribution < -0.4 is 24.4 Å². The molecule has 0 radical (unpaired) electrons. The van der Waals surface area contributed by atoms with Gasteiger partial charge in [-0.3, -0.25) is 14.7 Å². The van der Waals surface area contributed by atoms with Gasteiger partial charge in [-0.15, -0.1) is 0 Å². The number of aromatic nitrogens is 3. The van der Waals surface area contributed by atoms with Gasteiger partial charge in [0.15, 0.2) is 16.3 Å². The van der Waals surface area contributed by atoms with E-state index in [0.717, 1.165) is 5.82 Å². The Morgan fingerprint density at radius 1 is 1.26 bits per heavy atom. The zero-order chi connectivity index (χ0) is 22.5. The summed E-state index contributed by atoms with van der Waals surface area (Å²) in [6.07, 6.45) is 0.681. The first-order valence-corrected chi connectivity index (χ1v) is 10.4. The minimum Gasteiger partial charge on any atom is -0.493 e. The monoisotopic (exact) mass is 449 g/mol. The average Bonchev–Trinajstić information content (AvgIpc) is 3.34. The molecule has 11 heteroatoms. The normalized spacial score (nSPS) is 15.8. The first kappa shape index (κ1) is 22.6. The highest BCUT2D eigenvalue weighted by Gasteiger charge is 2.35. The third-order valence-corrected chi connectivity index (χ3v) is 5.57. The minimum absolute atomic E-state index is 0.135. The number of carbonyl (C=O) groups is 2. The molecule has 0 aliphatic carbocycles. The van der Waals surface area contributed by atoms with Crippen molar-refractivity contribution in [2.75, 3.05) is 39.3 Å². The average molecular weight is 450 g/mol. The second-order valence-electron chi connectivity index (χ2n) is 7.02. The molecule has 2 aromatic rings. The molecular formula is C20H27N5O5S. The molecule has 1 aliphatic rings. The van der Waals surface area contributed by atoms with E-state index in [9.17, 15) is 9.59 Å². The molecule has 0 saturated carbocycles. The molecule has 1 fully saturated rings. The topological polar surface area (TPSA) is 111 Å². The lowest BCUT2D eigenvalue weighted by Crippen LogP contribution is -2.34. The number of rotatable bonds is 9. The zero-order valence-electron chi connectivity index (χ0n) is 18.1. The number of ether oxygens (including phenoxy) is 3. The molecule has 2 heterocycles. The maximum absolute atomic E-state index is 12.6. The fourth-order valence-corrected chi connectivity index (χ4v) is 3.95. The molecule has 10 nitrogen and oxygen atoms in total. The molecule has 0 bridgehead atoms. The van der Waals surface area contributed by atoms with Gasteiger partial charge in [0.25, 0.3) is 0 Å². The largest absolute Gasteiger partial charge is 0.493 e. The summed E-state index contributed by atoms with van der Waals surface area (Å²) < 4.78 is 18.5. The Kier molecular flexibility index (Phi) is 7.16. The summed E-state index contributed by atoms with van der Waals surface area (Å²) in [4.78, 5) is 26.8. The van der Waals surface area contributed by atoms with Gasteiger partial charge in [0.05, 0.1) is 32.9 Å². The third-order valence-electron chi connectivity index (χ3n) is 5.26. The number of aromatic amines is 1. The predicted octanol–water partition coefficient (Wildman–Crippen LogP) is 1.70. The number of anilines is 1. The summed E-state index contributed by atoms with van der Waals surface area (Å²) in [6.45, 7) is 3.37. The lowest BCUT2D eigenvalue weighted by molar-refractivity contribution is -0.126. The Balaban J connectivity index is 1.65. The van der Waals surface area contributed by atoms with E-state index < -0.39 is 5.92 Å². The number of nitrogens with zero attached hydrogens (tertiary/aromatic N) is 3. The van der Waals surface area contributed by atoms with E-state index in [1.807, 2.05) is 11.5 Å². The van der Waals surface area contributed by atoms with E-state index in [4.69, 9.17) is 26.4 Å². The van der Waals surface area contributed by atoms with Crippen molar-refractivity contribution in [2.24, 2.45) is 5.92 Å². The van der Waals surface area contributed by atoms with Gasteiger partial charge in [-0.2, -0.15) is 5.10 Å². The Morgan fingerprint density at radius 2 is 1.94 bits per heavy atom. The molecule has 1 aromatic carbocycles. The number of carbonyl (C=O) groups excluding carboxylic acids is 2. The SMILES string of the molecule is CCn1c(CCNC(=O)C2CC(=O)N(c3cc(OC)c(OC)c(OC)c3)C2)n[nH]c1=S. The van der Waals surface area contributed by atoms with Gasteiger partial charge in [0.1, 0.15) is 5.82 Å². The van der Waals surface area contributed by atoms with Crippen LogP contribution in [0.15, 0.2) is 12.1 Å². The highest BCUT2D eigenvalue weighted by molar-refractivity contribution is 7.71. The number of amides is 2. The lowest BCUT2D eigenvalue weighted by Gasteiger charge is -2.20. The molecule has 0 spiro atoms. The van der Waals surface area contributed by atoms with Gasteiger partial charge in [-0.25, -0.2) is 0 Å². The van der Waals surface area contributed by atoms with Crippen molar-refractivity contribution in [3.63, 3.8) is 0 Å². The molecule has 1 aliphatic heterocycles. The van der Waals surface area contributed by atoms with E-state index in [1.165, 1.54) is 21.3 Å². The molecule has 3 rings (SSSR count). The lowest BCUT2D eigenvalue weighted by atomic mass is 10.1. The number of hydrogen-bond donors (Lipinski definition) is 2. The van der Waals surface area contributed by atoms with Crippen LogP contribution >= 0.6 is 12.2 Å². The molecule has 1 atom stereocenters. The Bertz CT molecular complexity index is 993. The summed E-state index contributed by atoms with van der Waals surface area (Å²) >= 11 is 5.17. The second kappa shape index (κ2) is 9.82. The van der Waals surface area contributed by atoms with Crippen LogP contribution in [0.5, 0.6) is 17.2 Å². The fraction of sp³-hybridized carbons (Fsp3) is 0.500. The first-order valence-electron chi connectivity index (χ1n) is 9.95. The predicted molar refractivity (Wildman–Crippen MR) is 116 cm³/mol. The molecule has 2 N–H and O–H groups in total. The fourth-order valence-electron chi connectivity index (χ4n) is 3.66. The zero-order valence-corrected chi connectivity index (χ0v) is 18.9. The van der Waals surface area contributed by atoms with Gasteiger partial charge < -0.3 is 29.0 Å². The quantitative estimate of drug-likeness (QED) is 0.561. The van der Waals surface area contributed by atoms with Crippen LogP contribution in [0.4, 0.5) is 5.69 Å². The van der Waals surface area contributed by atoms with Gasteiger partial charge in [-0.05, 0) is 19.1 Å². The van der Waals surface area contributed by atoms with E-state index in [1.54, 1.807) is 17.0 Å². The summed E-state index contributed by atoms with van der Waals surface area (Å²) in [5.74, 6) is 1.37. The Labute approximate surface area is 185 Å². The van der Waals surface area contributed by atoms with Crippen molar-refractivity contribution < 1.29 is 23.8 Å². The Hall–Kier alpha value is -3.08. The highest BCUT2D eigenvalue weighted by atomic mass is 32.1. The molecular weight excluding hydrogens is 422 g/mol. The van der Waals surface area contributed by atoms with Gasteiger partial charge in [-0.1, -0.05) is 0 Å². The summed E-state index contributed by atoms with van der Waals surface area (Å²) in [5.41, 5.74) is 0.591. The number of hydrogen-bond acceptors (Lipinski definition) is 7. The van der Waals surface area contributed by atoms with Crippen LogP contribution in [0, 0.1) is 10.7 Å². The number of nitrogens with one attached hydrogen (secondary N) is 2. The van der Waals surface area contributed by atoms with Crippen LogP contribution in [-0.4, -0.2) is 61.0 Å². The maximum atomic E-state index is 12.6. The summed E-state index contributed by atoms with van der Waals surface area (Å²) in [5, 5.41) is 9.85. The van der Waals surface area contributed by atoms with Crippen LogP contribution in [0.25, 0.3) is 0 Å². The third kappa shape index (κ3) is 4.66. The highest BCUT2D eigenvalue weighted by Crippen LogP contribution is 2.42. The molecule has 1 aromatic heterocycles. The van der Waals surface area contributed by atoms with Crippen molar-refractivity contribution in [3.8, 4) is 17.2 Å². The van der Waals surface area contributed by atoms with E-state index in [2.05, 4.69) is 15.5 Å². The van der Waals surface area contributed by atoms with E-state index in [0.29, 0.717) is 47.2 Å². The minimum atomic E-state index is -0.446. The summed E-state index contributed by atoms with van der Waals surface area (Å²) in [7, 11) is 4.54. The van der Waals surface area contributed by atoms with Gasteiger partial charge >= 0.3 is 0 Å². The smallest absolute Gasteiger partial charge is 0.227 e. The Morgan fingerprint density at radius 3 is 2.52 bits per heavy atom. The van der Waals surface area contributed by atoms with Gasteiger partial charge in [0.2, 0.25) is 17.6 Å². The van der Waals surface area contributed by atoms with Crippen LogP contribution in [-0.2, 0) is 22.6 Å². The van der Waals surface area contributed by atoms with Crippen LogP contribution in [0.1, 0.15) is 19.2 Å². The van der Waals surface area contributed by atoms with Crippen molar-refractivity contribution in [1.82, 2.24) is 20.1 Å². The molecule has 31 heavy (non-hydrogen) atoms. The van der Waals surface area contributed by atoms with Crippen molar-refractivity contribution in [2.45, 2.75) is 26.3 Å². The molecule has 2 amide bonds. The number of benzene rings is 1. The molecule has 1 saturated heterocycles. The number of H-pyrrole nitrogens is 1. The van der Waals surface area contributed by atoms with Crippen molar-refractivity contribution >= 4 is 29.7 Å². The summed E-state index contributed by atoms with van der Waals surface area (Å²) in [6, 6.07) is 3.40. The standard InChI is InChI=1S/C20H27N5O5S/c1-5-24-16(22-23-20(24)31)6-7-21-19(27)12-8-17(26)25(11-12)13-9-14(28-2)18(30-4)15(10-13)29-3/h9-10,12H,5-8,11H2,1-4H3,(H,21,27)(H,23,31). The second-order valence-corrected chi connectivity index (χ2v) is 7.41. The van der Waals surface area contributed by atoms with Crippen LogP contribution in [0.2, 0.25) is 0 Å². The molecule has 1 unspecified atom stereocenters. The van der Waals surface area contributed by atoms with E-state index >= 15 is 0 Å². The van der Waals surface area contributed by atoms with Gasteiger partial charge in [0, 0.05) is 44.6 Å². The van der Waals surface area contributed by atoms with E-state index in [-0.39, 0.29) is 24.8 Å². The van der Waals surface area contributed by atoms with Crippen molar-refractivity contribution in [3.05, 3.63) is 22.7 Å². The number of methoxy groups -OCH3 is 3. The molecule has 168 valence electrons. The maximum Gasteiger partial charge on any atom is 0.227 e.